The average Bonchev–Trinajstić information content (AvgIpc) is 3.11. The van der Waals surface area contributed by atoms with Crippen LogP contribution in [0, 0.1) is 6.92 Å². The topological polar surface area (TPSA) is 94.2 Å². The minimum absolute atomic E-state index is 0.0198. The predicted octanol–water partition coefficient (Wildman–Crippen LogP) is 2.61. The summed E-state index contributed by atoms with van der Waals surface area (Å²) in [7, 11) is -3.90. The number of benzene rings is 2. The Hall–Kier alpha value is -2.30. The molecule has 0 radical (unpaired) electrons. The molecule has 2 aliphatic rings. The van der Waals surface area contributed by atoms with Gasteiger partial charge < -0.3 is 19.5 Å². The number of nitrogens with one attached hydrogen (secondary N) is 1. The lowest BCUT2D eigenvalue weighted by Crippen LogP contribution is -2.64. The average molecular weight is 489 g/mol. The fourth-order valence-electron chi connectivity index (χ4n) is 4.60. The number of sulfonamides is 1. The van der Waals surface area contributed by atoms with Crippen molar-refractivity contribution < 1.29 is 27.4 Å². The molecule has 0 unspecified atom stereocenters. The molecule has 8 nitrogen and oxygen atoms in total. The lowest BCUT2D eigenvalue weighted by molar-refractivity contribution is -0.168. The van der Waals surface area contributed by atoms with Gasteiger partial charge in [0.25, 0.3) is 0 Å². The van der Waals surface area contributed by atoms with E-state index < -0.39 is 46.1 Å². The zero-order chi connectivity index (χ0) is 24.5. The number of piperidine rings is 1. The molecule has 2 fully saturated rings. The van der Waals surface area contributed by atoms with Gasteiger partial charge in [0, 0.05) is 20.0 Å². The first-order valence-corrected chi connectivity index (χ1v) is 12.9. The number of fused-ring (bicyclic) bond motifs is 1. The van der Waals surface area contributed by atoms with Gasteiger partial charge in [0.15, 0.2) is 5.79 Å². The molecule has 0 aliphatic carbocycles. The Bertz CT molecular complexity index is 1100. The first-order valence-electron chi connectivity index (χ1n) is 11.4. The molecule has 0 saturated carbocycles. The Morgan fingerprint density at radius 3 is 2.38 bits per heavy atom. The first kappa shape index (κ1) is 24.8. The van der Waals surface area contributed by atoms with Crippen LogP contribution in [0.3, 0.4) is 0 Å². The van der Waals surface area contributed by atoms with Gasteiger partial charge in [-0.15, -0.1) is 0 Å². The van der Waals surface area contributed by atoms with Gasteiger partial charge in [-0.05, 0) is 38.5 Å². The lowest BCUT2D eigenvalue weighted by Gasteiger charge is -2.43. The molecule has 0 bridgehead atoms. The van der Waals surface area contributed by atoms with E-state index in [1.807, 2.05) is 37.3 Å². The summed E-state index contributed by atoms with van der Waals surface area (Å²) in [6.45, 7) is 7.67. The zero-order valence-electron chi connectivity index (χ0n) is 19.9. The van der Waals surface area contributed by atoms with Gasteiger partial charge in [-0.2, -0.15) is 4.31 Å². The molecule has 1 N–H and O–H groups in total. The fraction of sp³-hybridized carbons (Fsp3) is 0.480. The molecule has 2 aliphatic heterocycles. The SMILES string of the molecule is CC(=O)O[C@@H]1CN(S(=O)(=O)c2ccc(C)cc2)[C@H](CNCc2ccccc2)[C@H]2OC(C)(C)O[C@@H]21. The number of hydrogen-bond acceptors (Lipinski definition) is 7. The predicted molar refractivity (Wildman–Crippen MR) is 126 cm³/mol. The van der Waals surface area contributed by atoms with Gasteiger partial charge >= 0.3 is 5.97 Å². The van der Waals surface area contributed by atoms with Crippen LogP contribution in [0.2, 0.25) is 0 Å². The molecule has 2 aromatic carbocycles. The Kier molecular flexibility index (Phi) is 7.12. The number of aryl methyl sites for hydroxylation is 1. The minimum atomic E-state index is -3.90. The second-order valence-electron chi connectivity index (χ2n) is 9.28. The molecular weight excluding hydrogens is 456 g/mol. The highest BCUT2D eigenvalue weighted by molar-refractivity contribution is 7.89. The number of esters is 1. The molecule has 9 heteroatoms. The minimum Gasteiger partial charge on any atom is -0.458 e. The van der Waals surface area contributed by atoms with Crippen molar-refractivity contribution in [1.29, 1.82) is 0 Å². The van der Waals surface area contributed by atoms with Crippen molar-refractivity contribution >= 4 is 16.0 Å². The molecule has 4 atom stereocenters. The van der Waals surface area contributed by atoms with E-state index in [-0.39, 0.29) is 11.4 Å². The third kappa shape index (κ3) is 5.34. The van der Waals surface area contributed by atoms with Gasteiger partial charge in [-0.3, -0.25) is 4.79 Å². The summed E-state index contributed by atoms with van der Waals surface area (Å²) in [4.78, 5) is 12.0. The van der Waals surface area contributed by atoms with E-state index in [0.29, 0.717) is 13.1 Å². The van der Waals surface area contributed by atoms with Crippen molar-refractivity contribution in [3.63, 3.8) is 0 Å². The third-order valence-electron chi connectivity index (χ3n) is 6.11. The summed E-state index contributed by atoms with van der Waals surface area (Å²) in [5.74, 6) is -1.43. The molecule has 4 rings (SSSR count). The van der Waals surface area contributed by atoms with Crippen LogP contribution in [-0.4, -0.2) is 61.9 Å². The number of rotatable bonds is 7. The van der Waals surface area contributed by atoms with Crippen molar-refractivity contribution in [3.05, 3.63) is 65.7 Å². The van der Waals surface area contributed by atoms with E-state index in [9.17, 15) is 13.2 Å². The summed E-state index contributed by atoms with van der Waals surface area (Å²) in [5, 5.41) is 3.38. The van der Waals surface area contributed by atoms with Crippen LogP contribution in [0.5, 0.6) is 0 Å². The Morgan fingerprint density at radius 1 is 1.09 bits per heavy atom. The fourth-order valence-corrected chi connectivity index (χ4v) is 6.25. The van der Waals surface area contributed by atoms with E-state index in [4.69, 9.17) is 14.2 Å². The monoisotopic (exact) mass is 488 g/mol. The highest BCUT2D eigenvalue weighted by Gasteiger charge is 2.57. The third-order valence-corrected chi connectivity index (χ3v) is 8.01. The van der Waals surface area contributed by atoms with Gasteiger partial charge in [-0.25, -0.2) is 8.42 Å². The molecule has 34 heavy (non-hydrogen) atoms. The van der Waals surface area contributed by atoms with Crippen LogP contribution < -0.4 is 5.32 Å². The van der Waals surface area contributed by atoms with E-state index in [2.05, 4.69) is 5.32 Å². The Morgan fingerprint density at radius 2 is 1.74 bits per heavy atom. The van der Waals surface area contributed by atoms with Crippen molar-refractivity contribution in [1.82, 2.24) is 9.62 Å². The van der Waals surface area contributed by atoms with Crippen molar-refractivity contribution in [2.45, 2.75) is 69.3 Å². The molecule has 2 saturated heterocycles. The van der Waals surface area contributed by atoms with Crippen LogP contribution >= 0.6 is 0 Å². The number of carbonyl (C=O) groups is 1. The normalized spacial score (nSPS) is 26.7. The van der Waals surface area contributed by atoms with E-state index in [1.165, 1.54) is 11.2 Å². The quantitative estimate of drug-likeness (QED) is 0.599. The zero-order valence-corrected chi connectivity index (χ0v) is 20.7. The standard InChI is InChI=1S/C25H32N2O6S/c1-17-10-12-20(13-11-17)34(29,30)27-16-22(31-18(2)28)24-23(32-25(3,4)33-24)21(27)15-26-14-19-8-6-5-7-9-19/h5-13,21-24,26H,14-16H2,1-4H3/t21-,22-,23-,24-/m1/s1. The summed E-state index contributed by atoms with van der Waals surface area (Å²) < 4.78 is 46.8. The second kappa shape index (κ2) is 9.75. The second-order valence-corrected chi connectivity index (χ2v) is 11.2. The molecule has 2 heterocycles. The van der Waals surface area contributed by atoms with Gasteiger partial charge in [0.1, 0.15) is 18.3 Å². The highest BCUT2D eigenvalue weighted by Crippen LogP contribution is 2.39. The van der Waals surface area contributed by atoms with Crippen LogP contribution in [0.25, 0.3) is 0 Å². The van der Waals surface area contributed by atoms with E-state index in [1.54, 1.807) is 38.1 Å². The molecule has 2 aromatic rings. The summed E-state index contributed by atoms with van der Waals surface area (Å²) >= 11 is 0. The van der Waals surface area contributed by atoms with Crippen LogP contribution in [-0.2, 0) is 35.6 Å². The summed E-state index contributed by atoms with van der Waals surface area (Å²) in [5.41, 5.74) is 2.05. The first-order chi connectivity index (χ1) is 16.1. The van der Waals surface area contributed by atoms with Crippen LogP contribution in [0.1, 0.15) is 31.9 Å². The maximum absolute atomic E-state index is 13.8. The lowest BCUT2D eigenvalue weighted by atomic mass is 9.95. The van der Waals surface area contributed by atoms with Gasteiger partial charge in [0.05, 0.1) is 17.5 Å². The largest absolute Gasteiger partial charge is 0.458 e. The van der Waals surface area contributed by atoms with Crippen molar-refractivity contribution in [2.24, 2.45) is 0 Å². The molecular formula is C25H32N2O6S. The van der Waals surface area contributed by atoms with Crippen LogP contribution in [0.15, 0.2) is 59.5 Å². The number of nitrogens with zero attached hydrogens (tertiary/aromatic N) is 1. The van der Waals surface area contributed by atoms with Crippen molar-refractivity contribution in [3.8, 4) is 0 Å². The summed E-state index contributed by atoms with van der Waals surface area (Å²) in [6, 6.07) is 16.1. The Balaban J connectivity index is 1.67. The molecule has 184 valence electrons. The molecule has 0 aromatic heterocycles. The van der Waals surface area contributed by atoms with E-state index >= 15 is 0 Å². The Labute approximate surface area is 201 Å². The number of ether oxygens (including phenoxy) is 3. The van der Waals surface area contributed by atoms with Crippen LogP contribution in [0.4, 0.5) is 0 Å². The van der Waals surface area contributed by atoms with Gasteiger partial charge in [-0.1, -0.05) is 48.0 Å². The molecule has 0 amide bonds. The number of carbonyl (C=O) groups excluding carboxylic acids is 1. The van der Waals surface area contributed by atoms with E-state index in [0.717, 1.165) is 11.1 Å². The smallest absolute Gasteiger partial charge is 0.303 e. The number of hydrogen-bond donors (Lipinski definition) is 1. The van der Waals surface area contributed by atoms with Crippen molar-refractivity contribution in [2.75, 3.05) is 13.1 Å². The highest BCUT2D eigenvalue weighted by atomic mass is 32.2. The summed E-state index contributed by atoms with van der Waals surface area (Å²) in [6.07, 6.45) is -1.97. The molecule has 0 spiro atoms. The maximum atomic E-state index is 13.8. The van der Waals surface area contributed by atoms with Gasteiger partial charge in [0.2, 0.25) is 10.0 Å². The maximum Gasteiger partial charge on any atom is 0.303 e.